The van der Waals surface area contributed by atoms with Crippen LogP contribution in [0.5, 0.6) is 0 Å². The molecule has 2 N–H and O–H groups in total. The topological polar surface area (TPSA) is 101 Å². The SMILES string of the molecule is CS(=O)(=O)CCNc1cnn(CCO)c(=O)c1Cl. The summed E-state index contributed by atoms with van der Waals surface area (Å²) in [6, 6.07) is 0. The molecule has 1 rings (SSSR count). The number of sulfone groups is 1. The Bertz CT molecular complexity index is 570. The molecule has 1 aromatic heterocycles. The number of nitrogens with one attached hydrogen (secondary N) is 1. The average Bonchev–Trinajstić information content (AvgIpc) is 2.27. The van der Waals surface area contributed by atoms with Gasteiger partial charge in [-0.2, -0.15) is 5.10 Å². The van der Waals surface area contributed by atoms with Gasteiger partial charge in [0.2, 0.25) is 0 Å². The van der Waals surface area contributed by atoms with E-state index in [1.165, 1.54) is 6.20 Å². The normalized spacial score (nSPS) is 11.5. The zero-order valence-corrected chi connectivity index (χ0v) is 11.3. The van der Waals surface area contributed by atoms with Crippen LogP contribution >= 0.6 is 11.6 Å². The molecule has 102 valence electrons. The molecule has 18 heavy (non-hydrogen) atoms. The summed E-state index contributed by atoms with van der Waals surface area (Å²) in [7, 11) is -3.08. The number of aliphatic hydroxyl groups excluding tert-OH is 1. The van der Waals surface area contributed by atoms with E-state index in [-0.39, 0.29) is 36.2 Å². The Morgan fingerprint density at radius 1 is 1.56 bits per heavy atom. The van der Waals surface area contributed by atoms with Crippen molar-refractivity contribution in [3.8, 4) is 0 Å². The van der Waals surface area contributed by atoms with Gasteiger partial charge in [0.05, 0.1) is 30.8 Å². The lowest BCUT2D eigenvalue weighted by Gasteiger charge is -2.09. The highest BCUT2D eigenvalue weighted by Crippen LogP contribution is 2.14. The Morgan fingerprint density at radius 3 is 2.78 bits per heavy atom. The maximum atomic E-state index is 11.6. The van der Waals surface area contributed by atoms with E-state index < -0.39 is 15.4 Å². The average molecular weight is 296 g/mol. The molecule has 0 bridgehead atoms. The Morgan fingerprint density at radius 2 is 2.22 bits per heavy atom. The van der Waals surface area contributed by atoms with Gasteiger partial charge in [0.15, 0.2) is 0 Å². The molecule has 0 amide bonds. The maximum Gasteiger partial charge on any atom is 0.287 e. The summed E-state index contributed by atoms with van der Waals surface area (Å²) < 4.78 is 22.9. The first kappa shape index (κ1) is 14.9. The summed E-state index contributed by atoms with van der Waals surface area (Å²) in [6.45, 7) is -0.0179. The molecule has 0 radical (unpaired) electrons. The van der Waals surface area contributed by atoms with Crippen LogP contribution in [0.4, 0.5) is 5.69 Å². The first-order valence-corrected chi connectivity index (χ1v) is 7.57. The number of rotatable bonds is 6. The van der Waals surface area contributed by atoms with Crippen molar-refractivity contribution >= 4 is 27.1 Å². The van der Waals surface area contributed by atoms with Gasteiger partial charge < -0.3 is 10.4 Å². The van der Waals surface area contributed by atoms with Crippen LogP contribution < -0.4 is 10.9 Å². The summed E-state index contributed by atoms with van der Waals surface area (Å²) in [5, 5.41) is 15.2. The molecule has 1 heterocycles. The molecular formula is C9H14ClN3O4S. The molecule has 0 aliphatic heterocycles. The van der Waals surface area contributed by atoms with Gasteiger partial charge in [0, 0.05) is 12.8 Å². The fourth-order valence-corrected chi connectivity index (χ4v) is 1.90. The molecule has 0 saturated carbocycles. The van der Waals surface area contributed by atoms with E-state index in [1.807, 2.05) is 0 Å². The van der Waals surface area contributed by atoms with E-state index in [2.05, 4.69) is 10.4 Å². The van der Waals surface area contributed by atoms with Crippen LogP contribution in [0.25, 0.3) is 0 Å². The number of nitrogens with zero attached hydrogens (tertiary/aromatic N) is 2. The largest absolute Gasteiger partial charge is 0.394 e. The molecule has 0 spiro atoms. The third-order valence-corrected chi connectivity index (χ3v) is 3.40. The second-order valence-corrected chi connectivity index (χ2v) is 6.32. The highest BCUT2D eigenvalue weighted by molar-refractivity contribution is 7.90. The highest BCUT2D eigenvalue weighted by atomic mass is 35.5. The summed E-state index contributed by atoms with van der Waals surface area (Å²) in [5.41, 5.74) is -0.255. The first-order valence-electron chi connectivity index (χ1n) is 5.13. The zero-order valence-electron chi connectivity index (χ0n) is 9.76. The fourth-order valence-electron chi connectivity index (χ4n) is 1.21. The molecule has 7 nitrogen and oxygen atoms in total. The number of hydrogen-bond donors (Lipinski definition) is 2. The van der Waals surface area contributed by atoms with E-state index in [0.29, 0.717) is 0 Å². The minimum Gasteiger partial charge on any atom is -0.394 e. The standard InChI is InChI=1S/C9H14ClN3O4S/c1-18(16,17)5-2-11-7-6-12-13(3-4-14)9(15)8(7)10/h6,11,14H,2-5H2,1H3. The van der Waals surface area contributed by atoms with Crippen molar-refractivity contribution in [1.82, 2.24) is 9.78 Å². The quantitative estimate of drug-likeness (QED) is 0.723. The van der Waals surface area contributed by atoms with Crippen LogP contribution in [-0.4, -0.2) is 48.5 Å². The van der Waals surface area contributed by atoms with E-state index in [4.69, 9.17) is 16.7 Å². The molecule has 0 unspecified atom stereocenters. The minimum atomic E-state index is -3.08. The van der Waals surface area contributed by atoms with Crippen LogP contribution in [0.15, 0.2) is 11.0 Å². The molecule has 0 saturated heterocycles. The van der Waals surface area contributed by atoms with E-state index in [0.717, 1.165) is 10.9 Å². The fraction of sp³-hybridized carbons (Fsp3) is 0.556. The summed E-state index contributed by atoms with van der Waals surface area (Å²) in [4.78, 5) is 11.6. The lowest BCUT2D eigenvalue weighted by molar-refractivity contribution is 0.266. The second kappa shape index (κ2) is 6.17. The van der Waals surface area contributed by atoms with Gasteiger partial charge in [-0.3, -0.25) is 4.79 Å². The molecule has 9 heteroatoms. The number of aromatic nitrogens is 2. The smallest absolute Gasteiger partial charge is 0.287 e. The van der Waals surface area contributed by atoms with Gasteiger partial charge in [0.1, 0.15) is 14.9 Å². The second-order valence-electron chi connectivity index (χ2n) is 3.68. The van der Waals surface area contributed by atoms with Crippen molar-refractivity contribution in [3.63, 3.8) is 0 Å². The van der Waals surface area contributed by atoms with Gasteiger partial charge >= 0.3 is 0 Å². The molecule has 1 aromatic rings. The minimum absolute atomic E-state index is 0.0577. The highest BCUT2D eigenvalue weighted by Gasteiger charge is 2.09. The Hall–Kier alpha value is -1.12. The van der Waals surface area contributed by atoms with Crippen molar-refractivity contribution in [2.45, 2.75) is 6.54 Å². The van der Waals surface area contributed by atoms with Crippen LogP contribution in [0.3, 0.4) is 0 Å². The van der Waals surface area contributed by atoms with Crippen molar-refractivity contribution in [2.24, 2.45) is 0 Å². The van der Waals surface area contributed by atoms with Crippen molar-refractivity contribution < 1.29 is 13.5 Å². The first-order chi connectivity index (χ1) is 8.35. The lowest BCUT2D eigenvalue weighted by atomic mass is 10.4. The van der Waals surface area contributed by atoms with Crippen LogP contribution in [0, 0.1) is 0 Å². The van der Waals surface area contributed by atoms with E-state index in [9.17, 15) is 13.2 Å². The molecule has 0 atom stereocenters. The zero-order chi connectivity index (χ0) is 13.8. The van der Waals surface area contributed by atoms with Crippen molar-refractivity contribution in [2.75, 3.05) is 30.5 Å². The Kier molecular flexibility index (Phi) is 5.12. The van der Waals surface area contributed by atoms with E-state index in [1.54, 1.807) is 0 Å². The number of aliphatic hydroxyl groups is 1. The van der Waals surface area contributed by atoms with Gasteiger partial charge in [0.25, 0.3) is 5.56 Å². The predicted molar refractivity (Wildman–Crippen MR) is 68.8 cm³/mol. The van der Waals surface area contributed by atoms with Gasteiger partial charge in [-0.25, -0.2) is 13.1 Å². The maximum absolute atomic E-state index is 11.6. The summed E-state index contributed by atoms with van der Waals surface area (Å²) >= 11 is 5.82. The number of anilines is 1. The molecule has 0 aliphatic carbocycles. The molecular weight excluding hydrogens is 282 g/mol. The van der Waals surface area contributed by atoms with Gasteiger partial charge in [-0.05, 0) is 0 Å². The molecule has 0 fully saturated rings. The lowest BCUT2D eigenvalue weighted by Crippen LogP contribution is -2.26. The van der Waals surface area contributed by atoms with E-state index >= 15 is 0 Å². The van der Waals surface area contributed by atoms with Crippen molar-refractivity contribution in [1.29, 1.82) is 0 Å². The van der Waals surface area contributed by atoms with Crippen molar-refractivity contribution in [3.05, 3.63) is 21.6 Å². The summed E-state index contributed by atoms with van der Waals surface area (Å²) in [6.07, 6.45) is 2.44. The van der Waals surface area contributed by atoms with Crippen LogP contribution in [0.2, 0.25) is 5.02 Å². The molecule has 0 aromatic carbocycles. The Labute approximate surface area is 109 Å². The predicted octanol–water partition coefficient (Wildman–Crippen LogP) is -0.655. The van der Waals surface area contributed by atoms with Crippen LogP contribution in [-0.2, 0) is 16.4 Å². The number of halogens is 1. The Balaban J connectivity index is 2.80. The van der Waals surface area contributed by atoms with Gasteiger partial charge in [-0.1, -0.05) is 11.6 Å². The van der Waals surface area contributed by atoms with Crippen LogP contribution in [0.1, 0.15) is 0 Å². The number of hydrogen-bond acceptors (Lipinski definition) is 6. The summed E-state index contributed by atoms with van der Waals surface area (Å²) in [5.74, 6) is -0.0664. The monoisotopic (exact) mass is 295 g/mol. The third kappa shape index (κ3) is 4.28. The third-order valence-electron chi connectivity index (χ3n) is 2.08. The van der Waals surface area contributed by atoms with Gasteiger partial charge in [-0.15, -0.1) is 0 Å². The molecule has 0 aliphatic rings.